The lowest BCUT2D eigenvalue weighted by molar-refractivity contribution is -0.132. The van der Waals surface area contributed by atoms with Crippen molar-refractivity contribution in [1.29, 1.82) is 0 Å². The van der Waals surface area contributed by atoms with Crippen LogP contribution in [0.3, 0.4) is 0 Å². The summed E-state index contributed by atoms with van der Waals surface area (Å²) in [6, 6.07) is 2.07. The number of amides is 1. The number of rotatable bonds is 2. The second-order valence-corrected chi connectivity index (χ2v) is 5.13. The highest BCUT2D eigenvalue weighted by Gasteiger charge is 2.17. The molecule has 0 atom stereocenters. The molecular formula is C9H11BrN2OS. The van der Waals surface area contributed by atoms with Gasteiger partial charge >= 0.3 is 0 Å². The SMILES string of the molecule is O=C1CNCCN1Cc1cc(Br)cs1. The number of nitrogens with one attached hydrogen (secondary N) is 1. The van der Waals surface area contributed by atoms with Crippen molar-refractivity contribution in [3.63, 3.8) is 0 Å². The standard InChI is InChI=1S/C9H11BrN2OS/c10-7-3-8(14-6-7)5-12-2-1-11-4-9(12)13/h3,6,11H,1-2,4-5H2. The van der Waals surface area contributed by atoms with Crippen molar-refractivity contribution in [2.24, 2.45) is 0 Å². The molecule has 0 aromatic carbocycles. The van der Waals surface area contributed by atoms with E-state index in [-0.39, 0.29) is 5.91 Å². The molecule has 1 aromatic rings. The van der Waals surface area contributed by atoms with Crippen LogP contribution in [0.1, 0.15) is 4.88 Å². The molecule has 0 aliphatic carbocycles. The minimum Gasteiger partial charge on any atom is -0.335 e. The van der Waals surface area contributed by atoms with Gasteiger partial charge in [-0.2, -0.15) is 0 Å². The molecule has 0 radical (unpaired) electrons. The van der Waals surface area contributed by atoms with Gasteiger partial charge in [0.1, 0.15) is 0 Å². The lowest BCUT2D eigenvalue weighted by atomic mass is 10.3. The number of carbonyl (C=O) groups excluding carboxylic acids is 1. The van der Waals surface area contributed by atoms with Crippen molar-refractivity contribution in [3.05, 3.63) is 20.8 Å². The Kier molecular flexibility index (Phi) is 3.20. The molecule has 1 amide bonds. The van der Waals surface area contributed by atoms with E-state index in [1.54, 1.807) is 11.3 Å². The molecule has 76 valence electrons. The van der Waals surface area contributed by atoms with Gasteiger partial charge in [0.25, 0.3) is 0 Å². The molecule has 1 aliphatic heterocycles. The minimum atomic E-state index is 0.195. The summed E-state index contributed by atoms with van der Waals surface area (Å²) in [5.41, 5.74) is 0. The van der Waals surface area contributed by atoms with Crippen molar-refractivity contribution in [2.75, 3.05) is 19.6 Å². The van der Waals surface area contributed by atoms with Crippen LogP contribution in [0, 0.1) is 0 Å². The third-order valence-electron chi connectivity index (χ3n) is 2.16. The van der Waals surface area contributed by atoms with E-state index >= 15 is 0 Å². The maximum atomic E-state index is 11.5. The average Bonchev–Trinajstić information content (AvgIpc) is 2.56. The van der Waals surface area contributed by atoms with Gasteiger partial charge in [-0.15, -0.1) is 11.3 Å². The molecule has 2 rings (SSSR count). The molecular weight excluding hydrogens is 264 g/mol. The quantitative estimate of drug-likeness (QED) is 0.886. The van der Waals surface area contributed by atoms with E-state index in [2.05, 4.69) is 27.3 Å². The largest absolute Gasteiger partial charge is 0.335 e. The van der Waals surface area contributed by atoms with Crippen LogP contribution >= 0.6 is 27.3 Å². The summed E-state index contributed by atoms with van der Waals surface area (Å²) in [6.45, 7) is 2.94. The van der Waals surface area contributed by atoms with Gasteiger partial charge in [-0.3, -0.25) is 4.79 Å². The van der Waals surface area contributed by atoms with Crippen molar-refractivity contribution in [1.82, 2.24) is 10.2 Å². The van der Waals surface area contributed by atoms with Gasteiger partial charge in [-0.25, -0.2) is 0 Å². The summed E-state index contributed by atoms with van der Waals surface area (Å²) in [7, 11) is 0. The van der Waals surface area contributed by atoms with E-state index < -0.39 is 0 Å². The fraction of sp³-hybridized carbons (Fsp3) is 0.444. The van der Waals surface area contributed by atoms with Gasteiger partial charge < -0.3 is 10.2 Å². The highest BCUT2D eigenvalue weighted by Crippen LogP contribution is 2.21. The van der Waals surface area contributed by atoms with Crippen LogP contribution in [0.15, 0.2) is 15.9 Å². The van der Waals surface area contributed by atoms with E-state index in [4.69, 9.17) is 0 Å². The Morgan fingerprint density at radius 1 is 1.64 bits per heavy atom. The van der Waals surface area contributed by atoms with E-state index in [0.717, 1.165) is 24.1 Å². The Morgan fingerprint density at radius 2 is 2.50 bits per heavy atom. The molecule has 0 bridgehead atoms. The summed E-state index contributed by atoms with van der Waals surface area (Å²) >= 11 is 5.09. The Balaban J connectivity index is 1.99. The second-order valence-electron chi connectivity index (χ2n) is 3.22. The Hall–Kier alpha value is -0.390. The van der Waals surface area contributed by atoms with E-state index in [9.17, 15) is 4.79 Å². The first-order valence-electron chi connectivity index (χ1n) is 4.47. The second kappa shape index (κ2) is 4.42. The molecule has 3 nitrogen and oxygen atoms in total. The molecule has 1 saturated heterocycles. The van der Waals surface area contributed by atoms with Gasteiger partial charge in [0.2, 0.25) is 5.91 Å². The molecule has 14 heavy (non-hydrogen) atoms. The Morgan fingerprint density at radius 3 is 3.14 bits per heavy atom. The number of hydrogen-bond acceptors (Lipinski definition) is 3. The lowest BCUT2D eigenvalue weighted by Crippen LogP contribution is -2.47. The number of nitrogens with zero attached hydrogens (tertiary/aromatic N) is 1. The van der Waals surface area contributed by atoms with Crippen molar-refractivity contribution in [3.8, 4) is 0 Å². The van der Waals surface area contributed by atoms with Gasteiger partial charge in [-0.05, 0) is 22.0 Å². The maximum Gasteiger partial charge on any atom is 0.236 e. The van der Waals surface area contributed by atoms with E-state index in [0.29, 0.717) is 6.54 Å². The van der Waals surface area contributed by atoms with Crippen molar-refractivity contribution >= 4 is 33.2 Å². The molecule has 5 heteroatoms. The minimum absolute atomic E-state index is 0.195. The van der Waals surface area contributed by atoms with E-state index in [1.165, 1.54) is 4.88 Å². The zero-order valence-electron chi connectivity index (χ0n) is 7.62. The molecule has 1 aromatic heterocycles. The molecule has 1 N–H and O–H groups in total. The zero-order valence-corrected chi connectivity index (χ0v) is 10.0. The summed E-state index contributed by atoms with van der Waals surface area (Å²) in [5.74, 6) is 0.195. The van der Waals surface area contributed by atoms with Gasteiger partial charge in [0.15, 0.2) is 0 Å². The third kappa shape index (κ3) is 2.34. The molecule has 1 aliphatic rings. The average molecular weight is 275 g/mol. The monoisotopic (exact) mass is 274 g/mol. The molecule has 1 fully saturated rings. The van der Waals surface area contributed by atoms with Crippen LogP contribution < -0.4 is 5.32 Å². The number of piperazine rings is 1. The molecule has 0 saturated carbocycles. The maximum absolute atomic E-state index is 11.5. The van der Waals surface area contributed by atoms with Gasteiger partial charge in [0, 0.05) is 27.8 Å². The molecule has 0 spiro atoms. The van der Waals surface area contributed by atoms with E-state index in [1.807, 2.05) is 10.3 Å². The molecule has 2 heterocycles. The first-order valence-corrected chi connectivity index (χ1v) is 6.14. The predicted molar refractivity (Wildman–Crippen MR) is 60.3 cm³/mol. The zero-order chi connectivity index (χ0) is 9.97. The summed E-state index contributed by atoms with van der Waals surface area (Å²) in [6.07, 6.45) is 0. The Labute approximate surface area is 95.2 Å². The number of carbonyl (C=O) groups is 1. The van der Waals surface area contributed by atoms with Crippen LogP contribution in [-0.2, 0) is 11.3 Å². The molecule has 0 unspecified atom stereocenters. The summed E-state index contributed by atoms with van der Waals surface area (Å²) < 4.78 is 1.10. The number of halogens is 1. The lowest BCUT2D eigenvalue weighted by Gasteiger charge is -2.26. The first-order chi connectivity index (χ1) is 6.75. The van der Waals surface area contributed by atoms with Crippen LogP contribution in [0.4, 0.5) is 0 Å². The number of hydrogen-bond donors (Lipinski definition) is 1. The highest BCUT2D eigenvalue weighted by molar-refractivity contribution is 9.10. The van der Waals surface area contributed by atoms with Crippen LogP contribution in [-0.4, -0.2) is 30.4 Å². The van der Waals surface area contributed by atoms with Crippen LogP contribution in [0.5, 0.6) is 0 Å². The van der Waals surface area contributed by atoms with Crippen LogP contribution in [0.2, 0.25) is 0 Å². The first kappa shape index (κ1) is 10.1. The third-order valence-corrected chi connectivity index (χ3v) is 3.84. The fourth-order valence-electron chi connectivity index (χ4n) is 1.44. The topological polar surface area (TPSA) is 32.3 Å². The van der Waals surface area contributed by atoms with Crippen molar-refractivity contribution in [2.45, 2.75) is 6.54 Å². The summed E-state index contributed by atoms with van der Waals surface area (Å²) in [5, 5.41) is 5.10. The predicted octanol–water partition coefficient (Wildman–Crippen LogP) is 1.44. The smallest absolute Gasteiger partial charge is 0.236 e. The normalized spacial score (nSPS) is 17.5. The van der Waals surface area contributed by atoms with Crippen LogP contribution in [0.25, 0.3) is 0 Å². The fourth-order valence-corrected chi connectivity index (χ4v) is 2.90. The highest BCUT2D eigenvalue weighted by atomic mass is 79.9. The Bertz CT molecular complexity index is 339. The summed E-state index contributed by atoms with van der Waals surface area (Å²) in [4.78, 5) is 14.6. The number of thiophene rings is 1. The van der Waals surface area contributed by atoms with Crippen molar-refractivity contribution < 1.29 is 4.79 Å². The van der Waals surface area contributed by atoms with Gasteiger partial charge in [-0.1, -0.05) is 0 Å². The van der Waals surface area contributed by atoms with Gasteiger partial charge in [0.05, 0.1) is 13.1 Å².